The lowest BCUT2D eigenvalue weighted by Gasteiger charge is -2.33. The number of benzene rings is 1. The molecule has 2 saturated heterocycles. The van der Waals surface area contributed by atoms with Crippen LogP contribution in [-0.2, 0) is 0 Å². The molecule has 0 unspecified atom stereocenters. The number of ether oxygens (including phenoxy) is 1. The van der Waals surface area contributed by atoms with E-state index in [1.807, 2.05) is 36.9 Å². The molecule has 8 nitrogen and oxygen atoms in total. The molecule has 30 heavy (non-hydrogen) atoms. The van der Waals surface area contributed by atoms with Gasteiger partial charge in [0.25, 0.3) is 5.91 Å². The van der Waals surface area contributed by atoms with Crippen molar-refractivity contribution in [3.63, 3.8) is 0 Å². The maximum atomic E-state index is 13.3. The summed E-state index contributed by atoms with van der Waals surface area (Å²) in [7, 11) is 0. The van der Waals surface area contributed by atoms with Crippen LogP contribution in [0, 0.1) is 13.8 Å². The van der Waals surface area contributed by atoms with E-state index in [1.54, 1.807) is 17.0 Å². The van der Waals surface area contributed by atoms with Gasteiger partial charge in [-0.1, -0.05) is 18.2 Å². The predicted molar refractivity (Wildman–Crippen MR) is 114 cm³/mol. The number of carbonyl (C=O) groups is 2. The number of aryl methyl sites for hydroxylation is 2. The number of thiophene rings is 1. The molecule has 2 aliphatic heterocycles. The van der Waals surface area contributed by atoms with Crippen LogP contribution in [0.4, 0.5) is 10.5 Å². The van der Waals surface area contributed by atoms with E-state index in [9.17, 15) is 9.59 Å². The summed E-state index contributed by atoms with van der Waals surface area (Å²) >= 11 is 1.28. The van der Waals surface area contributed by atoms with Gasteiger partial charge in [0.15, 0.2) is 0 Å². The molecule has 154 valence electrons. The second-order valence-corrected chi connectivity index (χ2v) is 8.77. The Morgan fingerprint density at radius 1 is 1.10 bits per heavy atom. The number of piperazine rings is 1. The monoisotopic (exact) mass is 423 g/mol. The maximum Gasteiger partial charge on any atom is 0.415 e. The van der Waals surface area contributed by atoms with Gasteiger partial charge in [0.2, 0.25) is 0 Å². The normalized spacial score (nSPS) is 20.2. The first-order valence-electron chi connectivity index (χ1n) is 9.80. The predicted octanol–water partition coefficient (Wildman–Crippen LogP) is 2.99. The summed E-state index contributed by atoms with van der Waals surface area (Å²) in [5.74, 6) is 0.416. The van der Waals surface area contributed by atoms with Crippen LogP contribution in [0.25, 0.3) is 10.2 Å². The number of fused-ring (bicyclic) bond motifs is 3. The third-order valence-electron chi connectivity index (χ3n) is 6.01. The first-order chi connectivity index (χ1) is 14.4. The van der Waals surface area contributed by atoms with Crippen LogP contribution in [-0.4, -0.2) is 57.2 Å². The largest absolute Gasteiger partial charge is 0.415 e. The van der Waals surface area contributed by atoms with Crippen molar-refractivity contribution >= 4 is 39.2 Å². The minimum absolute atomic E-state index is 0.0376. The van der Waals surface area contributed by atoms with Gasteiger partial charge in [0.1, 0.15) is 15.5 Å². The van der Waals surface area contributed by atoms with Gasteiger partial charge in [-0.25, -0.2) is 4.79 Å². The lowest BCUT2D eigenvalue weighted by atomic mass is 10.1. The van der Waals surface area contributed by atoms with Crippen LogP contribution < -0.4 is 10.5 Å². The average molecular weight is 423 g/mol. The summed E-state index contributed by atoms with van der Waals surface area (Å²) in [5, 5.41) is 9.16. The van der Waals surface area contributed by atoms with Crippen LogP contribution in [0.1, 0.15) is 27.3 Å². The average Bonchev–Trinajstić information content (AvgIpc) is 3.44. The van der Waals surface area contributed by atoms with Crippen LogP contribution >= 0.6 is 11.3 Å². The Morgan fingerprint density at radius 3 is 2.50 bits per heavy atom. The number of nitrogens with two attached hydrogens (primary N) is 1. The smallest absolute Gasteiger partial charge is 0.410 e. The molecule has 2 fully saturated rings. The highest BCUT2D eigenvalue weighted by molar-refractivity contribution is 7.21. The third-order valence-corrected chi connectivity index (χ3v) is 7.09. The molecule has 3 aromatic rings. The summed E-state index contributed by atoms with van der Waals surface area (Å²) in [4.78, 5) is 30.5. The molecule has 1 aromatic carbocycles. The zero-order valence-corrected chi connectivity index (χ0v) is 17.5. The van der Waals surface area contributed by atoms with Gasteiger partial charge in [0.05, 0.1) is 23.5 Å². The van der Waals surface area contributed by atoms with Gasteiger partial charge in [-0.2, -0.15) is 5.10 Å². The van der Waals surface area contributed by atoms with Crippen molar-refractivity contribution in [2.45, 2.75) is 32.4 Å². The van der Waals surface area contributed by atoms with E-state index in [-0.39, 0.29) is 24.1 Å². The zero-order chi connectivity index (χ0) is 21.0. The Labute approximate surface area is 177 Å². The van der Waals surface area contributed by atoms with E-state index in [0.717, 1.165) is 23.1 Å². The molecule has 0 saturated carbocycles. The fourth-order valence-corrected chi connectivity index (χ4v) is 5.37. The topological polar surface area (TPSA) is 102 Å². The number of para-hydroxylation sites is 1. The van der Waals surface area contributed by atoms with E-state index in [1.165, 1.54) is 11.3 Å². The standard InChI is InChI=1S/C21H21N5O3S/c1-11-12(2)23-24-19-16(11)17(22)18(30-19)20(27)25-9-14-8-13(25)10-26(14)21(28)29-15-6-4-3-5-7-15/h3-7,13-14H,8-10,22H2,1-2H3/t13-,14+/m1/s1. The summed E-state index contributed by atoms with van der Waals surface area (Å²) < 4.78 is 5.47. The van der Waals surface area contributed by atoms with E-state index in [2.05, 4.69) is 10.2 Å². The lowest BCUT2D eigenvalue weighted by molar-refractivity contribution is 0.0627. The highest BCUT2D eigenvalue weighted by atomic mass is 32.1. The first kappa shape index (κ1) is 18.8. The molecule has 4 heterocycles. The number of hydrogen-bond acceptors (Lipinski definition) is 7. The number of rotatable bonds is 2. The van der Waals surface area contributed by atoms with E-state index < -0.39 is 0 Å². The number of likely N-dealkylation sites (tertiary alicyclic amines) is 2. The molecule has 0 radical (unpaired) electrons. The van der Waals surface area contributed by atoms with Gasteiger partial charge in [-0.3, -0.25) is 4.79 Å². The van der Waals surface area contributed by atoms with Gasteiger partial charge < -0.3 is 20.3 Å². The summed E-state index contributed by atoms with van der Waals surface area (Å²) in [6.45, 7) is 4.76. The van der Waals surface area contributed by atoms with Crippen LogP contribution in [0.2, 0.25) is 0 Å². The molecule has 2 amide bonds. The van der Waals surface area contributed by atoms with E-state index in [0.29, 0.717) is 34.2 Å². The molecular weight excluding hydrogens is 402 g/mol. The Hall–Kier alpha value is -3.20. The van der Waals surface area contributed by atoms with E-state index in [4.69, 9.17) is 10.5 Å². The molecular formula is C21H21N5O3S. The van der Waals surface area contributed by atoms with Crippen molar-refractivity contribution in [3.8, 4) is 5.75 Å². The summed E-state index contributed by atoms with van der Waals surface area (Å²) in [6.07, 6.45) is 0.377. The summed E-state index contributed by atoms with van der Waals surface area (Å²) in [6, 6.07) is 8.92. The Bertz CT molecular complexity index is 1160. The quantitative estimate of drug-likeness (QED) is 0.680. The van der Waals surface area contributed by atoms with Crippen LogP contribution in [0.5, 0.6) is 5.75 Å². The van der Waals surface area contributed by atoms with Crippen molar-refractivity contribution in [3.05, 3.63) is 46.5 Å². The fraction of sp³-hybridized carbons (Fsp3) is 0.333. The highest BCUT2D eigenvalue weighted by Crippen LogP contribution is 2.38. The minimum atomic E-state index is -0.372. The molecule has 9 heteroatoms. The fourth-order valence-electron chi connectivity index (χ4n) is 4.32. The first-order valence-corrected chi connectivity index (χ1v) is 10.6. The molecule has 2 aliphatic rings. The van der Waals surface area contributed by atoms with Crippen molar-refractivity contribution in [1.29, 1.82) is 0 Å². The van der Waals surface area contributed by atoms with Gasteiger partial charge in [0, 0.05) is 18.5 Å². The molecule has 5 rings (SSSR count). The van der Waals surface area contributed by atoms with Gasteiger partial charge in [-0.15, -0.1) is 16.4 Å². The van der Waals surface area contributed by atoms with E-state index >= 15 is 0 Å². The van der Waals surface area contributed by atoms with Crippen molar-refractivity contribution in [2.24, 2.45) is 0 Å². The van der Waals surface area contributed by atoms with Crippen molar-refractivity contribution < 1.29 is 14.3 Å². The number of anilines is 1. The molecule has 2 atom stereocenters. The Morgan fingerprint density at radius 2 is 1.80 bits per heavy atom. The van der Waals surface area contributed by atoms with Crippen molar-refractivity contribution in [2.75, 3.05) is 18.8 Å². The number of nitrogen functional groups attached to an aromatic ring is 1. The van der Waals surface area contributed by atoms with Gasteiger partial charge >= 0.3 is 6.09 Å². The number of carbonyl (C=O) groups excluding carboxylic acids is 2. The second-order valence-electron chi connectivity index (χ2n) is 7.77. The second kappa shape index (κ2) is 6.94. The Kier molecular flexibility index (Phi) is 4.35. The molecule has 2 aromatic heterocycles. The molecule has 2 bridgehead atoms. The van der Waals surface area contributed by atoms with Crippen molar-refractivity contribution in [1.82, 2.24) is 20.0 Å². The Balaban J connectivity index is 1.33. The maximum absolute atomic E-state index is 13.3. The lowest BCUT2D eigenvalue weighted by Crippen LogP contribution is -2.51. The summed E-state index contributed by atoms with van der Waals surface area (Å²) in [5.41, 5.74) is 8.57. The molecule has 0 aliphatic carbocycles. The SMILES string of the molecule is Cc1nnc2sc(C(=O)N3C[C@@H]4C[C@@H]3CN4C(=O)Oc3ccccc3)c(N)c2c1C. The molecule has 0 spiro atoms. The third kappa shape index (κ3) is 2.88. The van der Waals surface area contributed by atoms with Crippen LogP contribution in [0.3, 0.4) is 0 Å². The zero-order valence-electron chi connectivity index (χ0n) is 16.7. The number of aromatic nitrogens is 2. The highest BCUT2D eigenvalue weighted by Gasteiger charge is 2.48. The molecule has 2 N–H and O–H groups in total. The van der Waals surface area contributed by atoms with Crippen LogP contribution in [0.15, 0.2) is 30.3 Å². The number of hydrogen-bond donors (Lipinski definition) is 1. The van der Waals surface area contributed by atoms with Gasteiger partial charge in [-0.05, 0) is 38.0 Å². The number of nitrogens with zero attached hydrogens (tertiary/aromatic N) is 4. The number of amides is 2. The minimum Gasteiger partial charge on any atom is -0.410 e.